The summed E-state index contributed by atoms with van der Waals surface area (Å²) in [6, 6.07) is 9.76. The van der Waals surface area contributed by atoms with Gasteiger partial charge in [0.1, 0.15) is 0 Å². The molecule has 0 saturated carbocycles. The first-order valence-electron chi connectivity index (χ1n) is 5.65. The lowest BCUT2D eigenvalue weighted by Crippen LogP contribution is -2.01. The molecule has 1 aromatic rings. The van der Waals surface area contributed by atoms with Crippen molar-refractivity contribution in [3.63, 3.8) is 0 Å². The highest BCUT2D eigenvalue weighted by Gasteiger charge is 2.10. The van der Waals surface area contributed by atoms with E-state index in [1.807, 2.05) is 30.3 Å². The zero-order valence-corrected chi connectivity index (χ0v) is 9.86. The van der Waals surface area contributed by atoms with Crippen LogP contribution in [0.15, 0.2) is 35.9 Å². The molecule has 2 heteroatoms. The summed E-state index contributed by atoms with van der Waals surface area (Å²) in [4.78, 5) is 11.0. The second kappa shape index (κ2) is 6.11. The van der Waals surface area contributed by atoms with Crippen LogP contribution in [-0.4, -0.2) is 11.1 Å². The maximum Gasteiger partial charge on any atom is 0.331 e. The smallest absolute Gasteiger partial charge is 0.331 e. The molecule has 0 atom stereocenters. The summed E-state index contributed by atoms with van der Waals surface area (Å²) in [5.41, 5.74) is 2.44. The van der Waals surface area contributed by atoms with Crippen molar-refractivity contribution >= 4 is 11.5 Å². The number of carboxylic acids is 1. The van der Waals surface area contributed by atoms with Crippen molar-refractivity contribution in [2.45, 2.75) is 33.1 Å². The number of carboxylic acid groups (broad SMARTS) is 1. The molecule has 0 radical (unpaired) electrons. The van der Waals surface area contributed by atoms with Gasteiger partial charge in [-0.25, -0.2) is 4.79 Å². The van der Waals surface area contributed by atoms with Gasteiger partial charge in [-0.15, -0.1) is 0 Å². The Bertz CT molecular complexity index is 377. The van der Waals surface area contributed by atoms with Gasteiger partial charge in [-0.05, 0) is 30.9 Å². The Morgan fingerprint density at radius 2 is 1.88 bits per heavy atom. The normalized spacial score (nSPS) is 12.1. The SMILES string of the molecule is CCCC/C(=C(/C)C(=O)O)c1ccccc1. The fourth-order valence-corrected chi connectivity index (χ4v) is 1.67. The molecule has 0 bridgehead atoms. The summed E-state index contributed by atoms with van der Waals surface area (Å²) < 4.78 is 0. The van der Waals surface area contributed by atoms with E-state index in [1.54, 1.807) is 6.92 Å². The first-order valence-corrected chi connectivity index (χ1v) is 5.65. The third kappa shape index (κ3) is 3.23. The Kier molecular flexibility index (Phi) is 4.77. The van der Waals surface area contributed by atoms with Crippen LogP contribution in [0.5, 0.6) is 0 Å². The van der Waals surface area contributed by atoms with Crippen LogP contribution in [0.3, 0.4) is 0 Å². The van der Waals surface area contributed by atoms with Crippen LogP contribution < -0.4 is 0 Å². The van der Waals surface area contributed by atoms with Gasteiger partial charge in [-0.2, -0.15) is 0 Å². The number of allylic oxidation sites excluding steroid dienone is 1. The predicted molar refractivity (Wildman–Crippen MR) is 66.2 cm³/mol. The lowest BCUT2D eigenvalue weighted by molar-refractivity contribution is -0.132. The number of benzene rings is 1. The molecule has 0 aliphatic carbocycles. The summed E-state index contributed by atoms with van der Waals surface area (Å²) in [6.07, 6.45) is 2.93. The first-order chi connectivity index (χ1) is 7.66. The van der Waals surface area contributed by atoms with Crippen molar-refractivity contribution in [1.82, 2.24) is 0 Å². The van der Waals surface area contributed by atoms with Crippen LogP contribution in [0.25, 0.3) is 5.57 Å². The zero-order chi connectivity index (χ0) is 12.0. The van der Waals surface area contributed by atoms with Crippen molar-refractivity contribution in [2.24, 2.45) is 0 Å². The Morgan fingerprint density at radius 1 is 1.25 bits per heavy atom. The maximum absolute atomic E-state index is 11.0. The van der Waals surface area contributed by atoms with Gasteiger partial charge in [0.2, 0.25) is 0 Å². The minimum atomic E-state index is -0.824. The average molecular weight is 218 g/mol. The Balaban J connectivity index is 3.06. The van der Waals surface area contributed by atoms with Crippen molar-refractivity contribution in [3.8, 4) is 0 Å². The molecule has 16 heavy (non-hydrogen) atoms. The number of hydrogen-bond donors (Lipinski definition) is 1. The predicted octanol–water partition coefficient (Wildman–Crippen LogP) is 3.73. The van der Waals surface area contributed by atoms with Crippen LogP contribution in [0.2, 0.25) is 0 Å². The Labute approximate surface area is 96.6 Å². The molecule has 0 aromatic heterocycles. The van der Waals surface area contributed by atoms with E-state index in [9.17, 15) is 4.79 Å². The van der Waals surface area contributed by atoms with Crippen LogP contribution >= 0.6 is 0 Å². The molecular formula is C14H18O2. The fourth-order valence-electron chi connectivity index (χ4n) is 1.67. The molecule has 2 nitrogen and oxygen atoms in total. The summed E-state index contributed by atoms with van der Waals surface area (Å²) in [5, 5.41) is 9.06. The number of aliphatic carboxylic acids is 1. The van der Waals surface area contributed by atoms with E-state index in [-0.39, 0.29) is 0 Å². The number of carbonyl (C=O) groups is 1. The van der Waals surface area contributed by atoms with Gasteiger partial charge in [0.25, 0.3) is 0 Å². The first kappa shape index (κ1) is 12.5. The second-order valence-corrected chi connectivity index (χ2v) is 3.88. The molecule has 1 aromatic carbocycles. The monoisotopic (exact) mass is 218 g/mol. The number of rotatable bonds is 5. The van der Waals surface area contributed by atoms with Gasteiger partial charge >= 0.3 is 5.97 Å². The lowest BCUT2D eigenvalue weighted by atomic mass is 9.96. The van der Waals surface area contributed by atoms with Gasteiger partial charge in [-0.3, -0.25) is 0 Å². The minimum absolute atomic E-state index is 0.458. The molecule has 0 aliphatic heterocycles. The average Bonchev–Trinajstić information content (AvgIpc) is 2.30. The van der Waals surface area contributed by atoms with E-state index in [1.165, 1.54) is 0 Å². The molecule has 1 rings (SSSR count). The molecule has 0 fully saturated rings. The molecule has 1 N–H and O–H groups in total. The zero-order valence-electron chi connectivity index (χ0n) is 9.86. The van der Waals surface area contributed by atoms with E-state index in [0.717, 1.165) is 30.4 Å². The molecule has 0 spiro atoms. The fraction of sp³-hybridized carbons (Fsp3) is 0.357. The van der Waals surface area contributed by atoms with E-state index < -0.39 is 5.97 Å². The number of unbranched alkanes of at least 4 members (excludes halogenated alkanes) is 1. The van der Waals surface area contributed by atoms with Gasteiger partial charge in [0.15, 0.2) is 0 Å². The van der Waals surface area contributed by atoms with Crippen LogP contribution in [0.1, 0.15) is 38.7 Å². The minimum Gasteiger partial charge on any atom is -0.478 e. The Hall–Kier alpha value is -1.57. The third-order valence-electron chi connectivity index (χ3n) is 2.68. The van der Waals surface area contributed by atoms with E-state index in [4.69, 9.17) is 5.11 Å². The van der Waals surface area contributed by atoms with Gasteiger partial charge in [0, 0.05) is 5.57 Å². The second-order valence-electron chi connectivity index (χ2n) is 3.88. The highest BCUT2D eigenvalue weighted by molar-refractivity contribution is 5.95. The third-order valence-corrected chi connectivity index (χ3v) is 2.68. The molecule has 86 valence electrons. The highest BCUT2D eigenvalue weighted by atomic mass is 16.4. The topological polar surface area (TPSA) is 37.3 Å². The standard InChI is InChI=1S/C14H18O2/c1-3-4-10-13(11(2)14(15)16)12-8-6-5-7-9-12/h5-9H,3-4,10H2,1-2H3,(H,15,16)/b13-11+. The molecule has 0 saturated heterocycles. The summed E-state index contributed by atoms with van der Waals surface area (Å²) in [6.45, 7) is 3.79. The molecular weight excluding hydrogens is 200 g/mol. The lowest BCUT2D eigenvalue weighted by Gasteiger charge is -2.09. The Morgan fingerprint density at radius 3 is 2.38 bits per heavy atom. The van der Waals surface area contributed by atoms with Crippen LogP contribution in [0, 0.1) is 0 Å². The van der Waals surface area contributed by atoms with Gasteiger partial charge < -0.3 is 5.11 Å². The maximum atomic E-state index is 11.0. The highest BCUT2D eigenvalue weighted by Crippen LogP contribution is 2.24. The van der Waals surface area contributed by atoms with Crippen molar-refractivity contribution in [1.29, 1.82) is 0 Å². The van der Waals surface area contributed by atoms with Crippen LogP contribution in [-0.2, 0) is 4.79 Å². The van der Waals surface area contributed by atoms with E-state index in [0.29, 0.717) is 5.57 Å². The van der Waals surface area contributed by atoms with Crippen molar-refractivity contribution < 1.29 is 9.90 Å². The summed E-state index contributed by atoms with van der Waals surface area (Å²) >= 11 is 0. The molecule has 0 aliphatic rings. The molecule has 0 amide bonds. The molecule has 0 unspecified atom stereocenters. The molecule has 0 heterocycles. The van der Waals surface area contributed by atoms with Gasteiger partial charge in [-0.1, -0.05) is 43.7 Å². The largest absolute Gasteiger partial charge is 0.478 e. The summed E-state index contributed by atoms with van der Waals surface area (Å²) in [5.74, 6) is -0.824. The van der Waals surface area contributed by atoms with Gasteiger partial charge in [0.05, 0.1) is 0 Å². The van der Waals surface area contributed by atoms with Crippen molar-refractivity contribution in [3.05, 3.63) is 41.5 Å². The quantitative estimate of drug-likeness (QED) is 0.764. The van der Waals surface area contributed by atoms with E-state index in [2.05, 4.69) is 6.92 Å². The van der Waals surface area contributed by atoms with E-state index >= 15 is 0 Å². The van der Waals surface area contributed by atoms with Crippen LogP contribution in [0.4, 0.5) is 0 Å². The number of hydrogen-bond acceptors (Lipinski definition) is 1. The summed E-state index contributed by atoms with van der Waals surface area (Å²) in [7, 11) is 0. The van der Waals surface area contributed by atoms with Crippen molar-refractivity contribution in [2.75, 3.05) is 0 Å².